The van der Waals surface area contributed by atoms with Crippen LogP contribution in [0.4, 0.5) is 4.79 Å². The summed E-state index contributed by atoms with van der Waals surface area (Å²) in [6.45, 7) is 19.7. The van der Waals surface area contributed by atoms with Crippen LogP contribution in [0.15, 0.2) is 0 Å². The molecule has 3 heterocycles. The molecular formula is C20H41N3O2. The second-order valence-corrected chi connectivity index (χ2v) is 7.67. The minimum Gasteiger partial charge on any atom is -0.441 e. The van der Waals surface area contributed by atoms with Gasteiger partial charge in [-0.25, -0.2) is 4.79 Å². The normalized spacial score (nSPS) is 24.0. The lowest BCUT2D eigenvalue weighted by Crippen LogP contribution is -2.48. The molecule has 25 heavy (non-hydrogen) atoms. The number of ether oxygens (including phenoxy) is 1. The summed E-state index contributed by atoms with van der Waals surface area (Å²) in [6, 6.07) is 0.595. The van der Waals surface area contributed by atoms with Gasteiger partial charge in [-0.15, -0.1) is 0 Å². The molecule has 0 aliphatic carbocycles. The van der Waals surface area contributed by atoms with E-state index >= 15 is 0 Å². The van der Waals surface area contributed by atoms with E-state index in [0.29, 0.717) is 12.6 Å². The van der Waals surface area contributed by atoms with Gasteiger partial charge in [0.15, 0.2) is 0 Å². The summed E-state index contributed by atoms with van der Waals surface area (Å²) in [7, 11) is 0. The highest BCUT2D eigenvalue weighted by molar-refractivity contribution is 5.70. The van der Waals surface area contributed by atoms with Gasteiger partial charge in [0.1, 0.15) is 5.60 Å². The number of amides is 1. The highest BCUT2D eigenvalue weighted by atomic mass is 16.6. The fourth-order valence-electron chi connectivity index (χ4n) is 3.61. The van der Waals surface area contributed by atoms with Gasteiger partial charge >= 0.3 is 6.09 Å². The maximum atomic E-state index is 11.0. The fraction of sp³-hybridized carbons (Fsp3) is 0.950. The predicted octanol–water partition coefficient (Wildman–Crippen LogP) is 3.73. The second kappa shape index (κ2) is 11.0. The molecule has 0 aromatic heterocycles. The van der Waals surface area contributed by atoms with Crippen molar-refractivity contribution in [1.82, 2.24) is 15.1 Å². The Labute approximate surface area is 155 Å². The molecule has 0 radical (unpaired) electrons. The van der Waals surface area contributed by atoms with Crippen LogP contribution < -0.4 is 5.32 Å². The van der Waals surface area contributed by atoms with E-state index in [0.717, 1.165) is 31.8 Å². The van der Waals surface area contributed by atoms with Crippen molar-refractivity contribution in [3.05, 3.63) is 0 Å². The smallest absolute Gasteiger partial charge is 0.407 e. The van der Waals surface area contributed by atoms with Gasteiger partial charge in [-0.05, 0) is 52.2 Å². The van der Waals surface area contributed by atoms with Gasteiger partial charge in [-0.3, -0.25) is 0 Å². The quantitative estimate of drug-likeness (QED) is 0.820. The number of likely N-dealkylation sites (tertiary alicyclic amines) is 2. The molecule has 0 aromatic rings. The number of hydrogen-bond acceptors (Lipinski definition) is 4. The third-order valence-corrected chi connectivity index (χ3v) is 5.63. The minimum atomic E-state index is -0.247. The second-order valence-electron chi connectivity index (χ2n) is 7.67. The van der Waals surface area contributed by atoms with Crippen molar-refractivity contribution in [2.45, 2.75) is 78.9 Å². The van der Waals surface area contributed by atoms with Crippen molar-refractivity contribution in [2.75, 3.05) is 39.3 Å². The van der Waals surface area contributed by atoms with Gasteiger partial charge in [-0.1, -0.05) is 27.7 Å². The minimum absolute atomic E-state index is 0.192. The zero-order valence-corrected chi connectivity index (χ0v) is 17.4. The van der Waals surface area contributed by atoms with E-state index in [2.05, 4.69) is 42.8 Å². The molecule has 3 aliphatic heterocycles. The molecule has 0 atom stereocenters. The lowest BCUT2D eigenvalue weighted by Gasteiger charge is -2.38. The van der Waals surface area contributed by atoms with Crippen LogP contribution in [-0.4, -0.2) is 66.8 Å². The van der Waals surface area contributed by atoms with Crippen molar-refractivity contribution in [3.63, 3.8) is 0 Å². The van der Waals surface area contributed by atoms with Gasteiger partial charge in [0.05, 0.1) is 6.54 Å². The number of carbonyl (C=O) groups excluding carboxylic acids is 1. The van der Waals surface area contributed by atoms with Gasteiger partial charge in [-0.2, -0.15) is 0 Å². The molecule has 0 unspecified atom stereocenters. The lowest BCUT2D eigenvalue weighted by atomic mass is 9.91. The first-order valence-corrected chi connectivity index (χ1v) is 10.4. The van der Waals surface area contributed by atoms with Gasteiger partial charge in [0.25, 0.3) is 0 Å². The molecule has 3 saturated heterocycles. The first kappa shape index (κ1) is 22.2. The summed E-state index contributed by atoms with van der Waals surface area (Å²) in [6.07, 6.45) is 4.50. The lowest BCUT2D eigenvalue weighted by molar-refractivity contribution is -0.00610. The highest BCUT2D eigenvalue weighted by Gasteiger charge is 2.42. The Kier molecular flexibility index (Phi) is 9.80. The Bertz CT molecular complexity index is 371. The van der Waals surface area contributed by atoms with E-state index in [4.69, 9.17) is 4.74 Å². The van der Waals surface area contributed by atoms with Gasteiger partial charge < -0.3 is 19.9 Å². The van der Waals surface area contributed by atoms with Crippen LogP contribution >= 0.6 is 0 Å². The van der Waals surface area contributed by atoms with Crippen LogP contribution in [0.25, 0.3) is 0 Å². The Morgan fingerprint density at radius 1 is 1.16 bits per heavy atom. The number of piperidine rings is 2. The molecule has 3 fully saturated rings. The summed E-state index contributed by atoms with van der Waals surface area (Å²) in [5.74, 6) is 0.979. The molecule has 0 saturated carbocycles. The SMILES string of the molecule is CC.CC(C)N1CCC2(CC1)CNC(=O)O2.CCN1CCC(C)CC1. The molecule has 148 valence electrons. The van der Waals surface area contributed by atoms with Crippen LogP contribution in [0, 0.1) is 5.92 Å². The van der Waals surface area contributed by atoms with Crippen LogP contribution in [0.1, 0.15) is 67.2 Å². The van der Waals surface area contributed by atoms with Crippen molar-refractivity contribution in [3.8, 4) is 0 Å². The van der Waals surface area contributed by atoms with E-state index in [1.54, 1.807) is 0 Å². The summed E-state index contributed by atoms with van der Waals surface area (Å²) >= 11 is 0. The monoisotopic (exact) mass is 355 g/mol. The third kappa shape index (κ3) is 7.14. The van der Waals surface area contributed by atoms with Crippen LogP contribution in [0.3, 0.4) is 0 Å². The molecular weight excluding hydrogens is 314 g/mol. The highest BCUT2D eigenvalue weighted by Crippen LogP contribution is 2.29. The number of nitrogens with one attached hydrogen (secondary N) is 1. The number of alkyl carbamates (subject to hydrolysis) is 1. The standard InChI is InChI=1S/C10H18N2O2.C8H17N.C2H6/c1-8(2)12-5-3-10(4-6-12)7-11-9(13)14-10;1-3-9-6-4-8(2)5-7-9;1-2/h8H,3-7H2,1-2H3,(H,11,13);8H,3-7H2,1-2H3;1-2H3. The van der Waals surface area contributed by atoms with Gasteiger partial charge in [0, 0.05) is 32.0 Å². The molecule has 5 heteroatoms. The van der Waals surface area contributed by atoms with Gasteiger partial charge in [0.2, 0.25) is 0 Å². The summed E-state index contributed by atoms with van der Waals surface area (Å²) in [4.78, 5) is 15.9. The van der Waals surface area contributed by atoms with Crippen molar-refractivity contribution < 1.29 is 9.53 Å². The molecule has 5 nitrogen and oxygen atoms in total. The molecule has 3 aliphatic rings. The van der Waals surface area contributed by atoms with E-state index in [1.165, 1.54) is 32.5 Å². The number of carbonyl (C=O) groups is 1. The maximum absolute atomic E-state index is 11.0. The van der Waals surface area contributed by atoms with E-state index in [-0.39, 0.29) is 11.7 Å². The fourth-order valence-corrected chi connectivity index (χ4v) is 3.61. The zero-order valence-electron chi connectivity index (χ0n) is 17.4. The third-order valence-electron chi connectivity index (χ3n) is 5.63. The summed E-state index contributed by atoms with van der Waals surface area (Å²) in [5.41, 5.74) is -0.192. The Morgan fingerprint density at radius 3 is 2.12 bits per heavy atom. The maximum Gasteiger partial charge on any atom is 0.407 e. The summed E-state index contributed by atoms with van der Waals surface area (Å²) in [5, 5.41) is 2.74. The zero-order chi connectivity index (χ0) is 18.9. The topological polar surface area (TPSA) is 44.8 Å². The number of nitrogens with zero attached hydrogens (tertiary/aromatic N) is 2. The number of rotatable bonds is 2. The van der Waals surface area contributed by atoms with Crippen molar-refractivity contribution in [2.24, 2.45) is 5.92 Å². The molecule has 1 N–H and O–H groups in total. The largest absolute Gasteiger partial charge is 0.441 e. The van der Waals surface area contributed by atoms with Crippen LogP contribution in [-0.2, 0) is 4.74 Å². The van der Waals surface area contributed by atoms with Crippen LogP contribution in [0.2, 0.25) is 0 Å². The van der Waals surface area contributed by atoms with E-state index in [1.807, 2.05) is 13.8 Å². The Balaban J connectivity index is 0.000000246. The average Bonchev–Trinajstić information content (AvgIpc) is 2.98. The Hall–Kier alpha value is -0.810. The van der Waals surface area contributed by atoms with E-state index < -0.39 is 0 Å². The molecule has 0 aromatic carbocycles. The predicted molar refractivity (Wildman–Crippen MR) is 105 cm³/mol. The molecule has 0 bridgehead atoms. The van der Waals surface area contributed by atoms with Crippen molar-refractivity contribution in [1.29, 1.82) is 0 Å². The number of hydrogen-bond donors (Lipinski definition) is 1. The average molecular weight is 356 g/mol. The summed E-state index contributed by atoms with van der Waals surface area (Å²) < 4.78 is 5.34. The Morgan fingerprint density at radius 2 is 1.72 bits per heavy atom. The first-order chi connectivity index (χ1) is 11.9. The van der Waals surface area contributed by atoms with E-state index in [9.17, 15) is 4.79 Å². The van der Waals surface area contributed by atoms with Crippen LogP contribution in [0.5, 0.6) is 0 Å². The molecule has 3 rings (SSSR count). The first-order valence-electron chi connectivity index (χ1n) is 10.4. The molecule has 1 spiro atoms. The van der Waals surface area contributed by atoms with Crippen molar-refractivity contribution >= 4 is 6.09 Å². The molecule has 1 amide bonds.